The van der Waals surface area contributed by atoms with Crippen molar-refractivity contribution in [3.05, 3.63) is 65.4 Å². The number of aryl methyl sites for hydroxylation is 1. The van der Waals surface area contributed by atoms with Crippen molar-refractivity contribution in [2.24, 2.45) is 0 Å². The predicted molar refractivity (Wildman–Crippen MR) is 103 cm³/mol. The van der Waals surface area contributed by atoms with Gasteiger partial charge in [0.05, 0.1) is 0 Å². The number of rotatable bonds is 1. The first kappa shape index (κ1) is 15.6. The second kappa shape index (κ2) is 5.71. The lowest BCUT2D eigenvalue weighted by Crippen LogP contribution is -2.47. The second-order valence-electron chi connectivity index (χ2n) is 7.61. The molecule has 1 aromatic heterocycles. The first-order valence-corrected chi connectivity index (χ1v) is 9.23. The van der Waals surface area contributed by atoms with Crippen molar-refractivity contribution in [3.8, 4) is 0 Å². The normalized spacial score (nSPS) is 22.5. The number of likely N-dealkylation sites (tertiary alicyclic amines) is 1. The number of para-hydroxylation sites is 1. The number of fused-ring (bicyclic) bond motifs is 4. The first-order valence-electron chi connectivity index (χ1n) is 9.23. The average Bonchev–Trinajstić information content (AvgIpc) is 3.20. The number of carbonyl (C=O) groups is 1. The number of amides is 1. The Bertz CT molecular complexity index is 973. The lowest BCUT2D eigenvalue weighted by atomic mass is 9.89. The maximum atomic E-state index is 13.4. The minimum absolute atomic E-state index is 0.0247. The Kier molecular flexibility index (Phi) is 3.44. The van der Waals surface area contributed by atoms with E-state index in [4.69, 9.17) is 4.42 Å². The standard InChI is InChI=1S/C22H22N2O2/c1-14-7-8-18-16(11-14)17-13-23(2)10-9-19(17)24(18)22(25)21-12-15-5-3-4-6-20(15)26-21/h3-8,11-12,17,19H,9-10,13H2,1-2H3/t17-,19+/m1/s1. The lowest BCUT2D eigenvalue weighted by molar-refractivity contribution is 0.0940. The van der Waals surface area contributed by atoms with Crippen LogP contribution in [-0.4, -0.2) is 37.0 Å². The second-order valence-corrected chi connectivity index (χ2v) is 7.61. The van der Waals surface area contributed by atoms with E-state index >= 15 is 0 Å². The monoisotopic (exact) mass is 346 g/mol. The SMILES string of the molecule is Cc1ccc2c(c1)[C@H]1CN(C)CC[C@@H]1N2C(=O)c1cc2ccccc2o1. The predicted octanol–water partition coefficient (Wildman–Crippen LogP) is 4.19. The van der Waals surface area contributed by atoms with E-state index in [1.807, 2.05) is 35.2 Å². The van der Waals surface area contributed by atoms with Gasteiger partial charge in [-0.15, -0.1) is 0 Å². The molecule has 2 atom stereocenters. The van der Waals surface area contributed by atoms with Crippen LogP contribution in [0.5, 0.6) is 0 Å². The van der Waals surface area contributed by atoms with Gasteiger partial charge >= 0.3 is 0 Å². The molecule has 2 aromatic carbocycles. The number of benzene rings is 2. The molecule has 26 heavy (non-hydrogen) atoms. The summed E-state index contributed by atoms with van der Waals surface area (Å²) in [5.41, 5.74) is 4.35. The van der Waals surface area contributed by atoms with Gasteiger partial charge in [0.1, 0.15) is 5.58 Å². The van der Waals surface area contributed by atoms with E-state index in [1.54, 1.807) is 0 Å². The molecule has 2 aliphatic rings. The van der Waals surface area contributed by atoms with Crippen LogP contribution in [0.1, 0.15) is 34.0 Å². The molecule has 4 nitrogen and oxygen atoms in total. The zero-order valence-electron chi connectivity index (χ0n) is 15.1. The minimum atomic E-state index is -0.0247. The molecule has 5 rings (SSSR count). The van der Waals surface area contributed by atoms with Crippen LogP contribution in [0.2, 0.25) is 0 Å². The van der Waals surface area contributed by atoms with Crippen molar-refractivity contribution in [2.45, 2.75) is 25.3 Å². The maximum absolute atomic E-state index is 13.4. The fourth-order valence-electron chi connectivity index (χ4n) is 4.55. The number of hydrogen-bond acceptors (Lipinski definition) is 3. The van der Waals surface area contributed by atoms with Crippen molar-refractivity contribution >= 4 is 22.6 Å². The van der Waals surface area contributed by atoms with Gasteiger partial charge in [0, 0.05) is 29.6 Å². The summed E-state index contributed by atoms with van der Waals surface area (Å²) >= 11 is 0. The van der Waals surface area contributed by atoms with Gasteiger partial charge in [0.25, 0.3) is 5.91 Å². The smallest absolute Gasteiger partial charge is 0.294 e. The van der Waals surface area contributed by atoms with E-state index in [9.17, 15) is 4.79 Å². The zero-order chi connectivity index (χ0) is 17.8. The van der Waals surface area contributed by atoms with Crippen molar-refractivity contribution in [2.75, 3.05) is 25.0 Å². The van der Waals surface area contributed by atoms with Crippen LogP contribution in [0.15, 0.2) is 52.9 Å². The summed E-state index contributed by atoms with van der Waals surface area (Å²) in [7, 11) is 2.16. The van der Waals surface area contributed by atoms with E-state index in [0.717, 1.165) is 36.2 Å². The number of carbonyl (C=O) groups excluding carboxylic acids is 1. The highest BCUT2D eigenvalue weighted by Crippen LogP contribution is 2.45. The molecule has 0 aliphatic carbocycles. The highest BCUT2D eigenvalue weighted by molar-refractivity contribution is 6.08. The van der Waals surface area contributed by atoms with Crippen LogP contribution < -0.4 is 4.90 Å². The highest BCUT2D eigenvalue weighted by atomic mass is 16.3. The Labute approximate surface area is 153 Å². The summed E-state index contributed by atoms with van der Waals surface area (Å²) in [4.78, 5) is 17.8. The van der Waals surface area contributed by atoms with Gasteiger partial charge in [-0.05, 0) is 50.7 Å². The van der Waals surface area contributed by atoms with Gasteiger partial charge in [0.15, 0.2) is 5.76 Å². The molecule has 0 saturated carbocycles. The Hall–Kier alpha value is -2.59. The third-order valence-electron chi connectivity index (χ3n) is 5.81. The molecule has 2 aliphatic heterocycles. The van der Waals surface area contributed by atoms with Crippen molar-refractivity contribution < 1.29 is 9.21 Å². The molecule has 0 bridgehead atoms. The number of anilines is 1. The lowest BCUT2D eigenvalue weighted by Gasteiger charge is -2.36. The van der Waals surface area contributed by atoms with Gasteiger partial charge in [-0.25, -0.2) is 0 Å². The molecule has 0 spiro atoms. The highest BCUT2D eigenvalue weighted by Gasteiger charge is 2.44. The fraction of sp³-hybridized carbons (Fsp3) is 0.318. The molecule has 0 radical (unpaired) electrons. The van der Waals surface area contributed by atoms with Gasteiger partial charge in [-0.2, -0.15) is 0 Å². The third-order valence-corrected chi connectivity index (χ3v) is 5.81. The van der Waals surface area contributed by atoms with Gasteiger partial charge in [0.2, 0.25) is 0 Å². The van der Waals surface area contributed by atoms with Crippen LogP contribution in [-0.2, 0) is 0 Å². The molecular formula is C22H22N2O2. The summed E-state index contributed by atoms with van der Waals surface area (Å²) in [5.74, 6) is 0.776. The van der Waals surface area contributed by atoms with Crippen LogP contribution in [0.3, 0.4) is 0 Å². The van der Waals surface area contributed by atoms with Crippen molar-refractivity contribution in [1.82, 2.24) is 4.90 Å². The molecule has 3 heterocycles. The quantitative estimate of drug-likeness (QED) is 0.663. The number of likely N-dealkylation sites (N-methyl/N-ethyl adjacent to an activating group) is 1. The van der Waals surface area contributed by atoms with Crippen LogP contribution in [0.25, 0.3) is 11.0 Å². The van der Waals surface area contributed by atoms with Gasteiger partial charge in [-0.3, -0.25) is 4.79 Å². The first-order chi connectivity index (χ1) is 12.6. The Balaban J connectivity index is 1.60. The van der Waals surface area contributed by atoms with E-state index in [2.05, 4.69) is 37.1 Å². The molecule has 4 heteroatoms. The fourth-order valence-corrected chi connectivity index (χ4v) is 4.55. The molecule has 3 aromatic rings. The number of furan rings is 1. The number of nitrogens with zero attached hydrogens (tertiary/aromatic N) is 2. The molecule has 1 fully saturated rings. The van der Waals surface area contributed by atoms with E-state index in [-0.39, 0.29) is 11.9 Å². The van der Waals surface area contributed by atoms with E-state index in [0.29, 0.717) is 11.7 Å². The molecule has 1 amide bonds. The third kappa shape index (κ3) is 2.29. The Morgan fingerprint density at radius 3 is 2.85 bits per heavy atom. The van der Waals surface area contributed by atoms with Gasteiger partial charge in [-0.1, -0.05) is 35.9 Å². The molecule has 1 saturated heterocycles. The van der Waals surface area contributed by atoms with Crippen LogP contribution in [0, 0.1) is 6.92 Å². The van der Waals surface area contributed by atoms with Crippen LogP contribution >= 0.6 is 0 Å². The van der Waals surface area contributed by atoms with Gasteiger partial charge < -0.3 is 14.2 Å². The summed E-state index contributed by atoms with van der Waals surface area (Å²) in [6, 6.07) is 16.3. The average molecular weight is 346 g/mol. The largest absolute Gasteiger partial charge is 0.451 e. The molecule has 132 valence electrons. The Morgan fingerprint density at radius 1 is 1.15 bits per heavy atom. The van der Waals surface area contributed by atoms with E-state index in [1.165, 1.54) is 11.1 Å². The summed E-state index contributed by atoms with van der Waals surface area (Å²) < 4.78 is 5.88. The summed E-state index contributed by atoms with van der Waals surface area (Å²) in [6.07, 6.45) is 0.987. The number of hydrogen-bond donors (Lipinski definition) is 0. The molecular weight excluding hydrogens is 324 g/mol. The summed E-state index contributed by atoms with van der Waals surface area (Å²) in [5, 5.41) is 0.971. The Morgan fingerprint density at radius 2 is 2.00 bits per heavy atom. The summed E-state index contributed by atoms with van der Waals surface area (Å²) in [6.45, 7) is 4.12. The number of piperidine rings is 1. The van der Waals surface area contributed by atoms with E-state index < -0.39 is 0 Å². The topological polar surface area (TPSA) is 36.7 Å². The molecule has 0 N–H and O–H groups in total. The maximum Gasteiger partial charge on any atom is 0.294 e. The minimum Gasteiger partial charge on any atom is -0.451 e. The van der Waals surface area contributed by atoms with Crippen LogP contribution in [0.4, 0.5) is 5.69 Å². The molecule has 0 unspecified atom stereocenters. The van der Waals surface area contributed by atoms with Crippen molar-refractivity contribution in [1.29, 1.82) is 0 Å². The zero-order valence-corrected chi connectivity index (χ0v) is 15.1. The van der Waals surface area contributed by atoms with Crippen molar-refractivity contribution in [3.63, 3.8) is 0 Å².